The number of aryl methyl sites for hydroxylation is 1. The van der Waals surface area contributed by atoms with Crippen molar-refractivity contribution in [2.45, 2.75) is 26.2 Å². The van der Waals surface area contributed by atoms with Gasteiger partial charge in [-0.2, -0.15) is 5.10 Å². The number of halogens is 1. The number of hydrogen-bond donors (Lipinski definition) is 1. The summed E-state index contributed by atoms with van der Waals surface area (Å²) in [5.41, 5.74) is 7.73. The van der Waals surface area contributed by atoms with Crippen LogP contribution in [-0.4, -0.2) is 11.0 Å². The van der Waals surface area contributed by atoms with E-state index in [2.05, 4.69) is 64.2 Å². The fourth-order valence-corrected chi connectivity index (χ4v) is 2.50. The van der Waals surface area contributed by atoms with Crippen LogP contribution in [0.15, 0.2) is 41.6 Å². The number of nitrogens with one attached hydrogen (secondary N) is 1. The monoisotopic (exact) mass is 306 g/mol. The van der Waals surface area contributed by atoms with Gasteiger partial charge in [0.05, 0.1) is 5.71 Å². The second kappa shape index (κ2) is 6.19. The van der Waals surface area contributed by atoms with Crippen LogP contribution in [0.4, 0.5) is 0 Å². The largest absolute Gasteiger partial charge is 0.283 e. The van der Waals surface area contributed by atoms with Gasteiger partial charge in [-0.25, -0.2) is 0 Å². The molecule has 0 saturated heterocycles. The number of rotatable bonds is 4. The predicted octanol–water partition coefficient (Wildman–Crippen LogP) is 3.86. The van der Waals surface area contributed by atoms with Gasteiger partial charge in [-0.1, -0.05) is 53.7 Å². The van der Waals surface area contributed by atoms with Crippen molar-refractivity contribution in [1.82, 2.24) is 5.43 Å². The molecule has 0 bridgehead atoms. The van der Waals surface area contributed by atoms with Gasteiger partial charge in [0.15, 0.2) is 0 Å². The second-order valence-electron chi connectivity index (χ2n) is 4.81. The first-order valence-electron chi connectivity index (χ1n) is 6.37. The molecule has 2 nitrogen and oxygen atoms in total. The molecular weight excluding hydrogens is 288 g/mol. The Morgan fingerprint density at radius 3 is 2.72 bits per heavy atom. The quantitative estimate of drug-likeness (QED) is 0.839. The standard InChI is InChI=1S/C15H19BrN2/c1-11-10-12(2)17-18-15(11)14-7-5-13(6-8-14)4-3-9-16/h5-8,11,17H,2-4,9-10H2,1H3. The summed E-state index contributed by atoms with van der Waals surface area (Å²) in [5, 5.41) is 5.47. The van der Waals surface area contributed by atoms with Crippen molar-refractivity contribution in [3.63, 3.8) is 0 Å². The zero-order chi connectivity index (χ0) is 13.0. The molecule has 1 unspecified atom stereocenters. The Hall–Kier alpha value is -1.09. The van der Waals surface area contributed by atoms with E-state index in [1.54, 1.807) is 0 Å². The smallest absolute Gasteiger partial charge is 0.0711 e. The molecule has 1 aliphatic heterocycles. The molecule has 1 aromatic rings. The molecule has 18 heavy (non-hydrogen) atoms. The lowest BCUT2D eigenvalue weighted by Crippen LogP contribution is -2.25. The van der Waals surface area contributed by atoms with Gasteiger partial charge in [-0.3, -0.25) is 5.43 Å². The molecule has 0 fully saturated rings. The highest BCUT2D eigenvalue weighted by atomic mass is 79.9. The van der Waals surface area contributed by atoms with E-state index < -0.39 is 0 Å². The first kappa shape index (κ1) is 13.3. The maximum absolute atomic E-state index is 4.41. The molecule has 0 saturated carbocycles. The van der Waals surface area contributed by atoms with Crippen LogP contribution in [0, 0.1) is 5.92 Å². The van der Waals surface area contributed by atoms with E-state index in [1.807, 2.05) is 0 Å². The Morgan fingerprint density at radius 2 is 2.11 bits per heavy atom. The average Bonchev–Trinajstić information content (AvgIpc) is 2.37. The topological polar surface area (TPSA) is 24.4 Å². The minimum absolute atomic E-state index is 0.437. The summed E-state index contributed by atoms with van der Waals surface area (Å²) in [6.45, 7) is 6.12. The average molecular weight is 307 g/mol. The van der Waals surface area contributed by atoms with Gasteiger partial charge in [-0.15, -0.1) is 0 Å². The molecule has 1 aromatic carbocycles. The number of hydrogen-bond acceptors (Lipinski definition) is 2. The summed E-state index contributed by atoms with van der Waals surface area (Å²) in [5.74, 6) is 0.437. The number of allylic oxidation sites excluding steroid dienone is 1. The van der Waals surface area contributed by atoms with E-state index >= 15 is 0 Å². The summed E-state index contributed by atoms with van der Waals surface area (Å²) < 4.78 is 0. The zero-order valence-corrected chi connectivity index (χ0v) is 12.3. The van der Waals surface area contributed by atoms with Gasteiger partial charge < -0.3 is 0 Å². The second-order valence-corrected chi connectivity index (χ2v) is 5.60. The third kappa shape index (κ3) is 3.22. The van der Waals surface area contributed by atoms with Crippen molar-refractivity contribution in [3.8, 4) is 0 Å². The summed E-state index contributed by atoms with van der Waals surface area (Å²) in [4.78, 5) is 0. The van der Waals surface area contributed by atoms with Crippen molar-refractivity contribution in [2.24, 2.45) is 11.0 Å². The van der Waals surface area contributed by atoms with Crippen LogP contribution < -0.4 is 5.43 Å². The molecule has 1 atom stereocenters. The van der Waals surface area contributed by atoms with Crippen molar-refractivity contribution in [1.29, 1.82) is 0 Å². The molecule has 0 amide bonds. The molecular formula is C15H19BrN2. The van der Waals surface area contributed by atoms with Crippen molar-refractivity contribution in [2.75, 3.05) is 5.33 Å². The summed E-state index contributed by atoms with van der Waals surface area (Å²) >= 11 is 3.46. The number of nitrogens with zero attached hydrogens (tertiary/aromatic N) is 1. The van der Waals surface area contributed by atoms with Crippen LogP contribution >= 0.6 is 15.9 Å². The van der Waals surface area contributed by atoms with Gasteiger partial charge in [0, 0.05) is 16.9 Å². The van der Waals surface area contributed by atoms with Crippen molar-refractivity contribution >= 4 is 21.6 Å². The summed E-state index contributed by atoms with van der Waals surface area (Å²) in [6, 6.07) is 8.76. The Bertz CT molecular complexity index is 448. The molecule has 1 N–H and O–H groups in total. The molecule has 0 aromatic heterocycles. The van der Waals surface area contributed by atoms with E-state index in [4.69, 9.17) is 0 Å². The highest BCUT2D eigenvalue weighted by Crippen LogP contribution is 2.20. The molecule has 1 aliphatic rings. The van der Waals surface area contributed by atoms with Crippen LogP contribution in [0.2, 0.25) is 0 Å². The van der Waals surface area contributed by atoms with Crippen LogP contribution in [0.25, 0.3) is 0 Å². The molecule has 0 aliphatic carbocycles. The zero-order valence-electron chi connectivity index (χ0n) is 10.7. The van der Waals surface area contributed by atoms with Gasteiger partial charge >= 0.3 is 0 Å². The van der Waals surface area contributed by atoms with Crippen molar-refractivity contribution in [3.05, 3.63) is 47.7 Å². The molecule has 1 heterocycles. The Morgan fingerprint density at radius 1 is 1.39 bits per heavy atom. The van der Waals surface area contributed by atoms with E-state index in [9.17, 15) is 0 Å². The summed E-state index contributed by atoms with van der Waals surface area (Å²) in [6.07, 6.45) is 3.27. The maximum Gasteiger partial charge on any atom is 0.0711 e. The predicted molar refractivity (Wildman–Crippen MR) is 81.2 cm³/mol. The minimum atomic E-state index is 0.437. The first-order chi connectivity index (χ1) is 8.70. The highest BCUT2D eigenvalue weighted by Gasteiger charge is 2.18. The minimum Gasteiger partial charge on any atom is -0.283 e. The Balaban J connectivity index is 2.12. The number of benzene rings is 1. The van der Waals surface area contributed by atoms with E-state index in [0.717, 1.165) is 29.6 Å². The Labute approximate surface area is 117 Å². The lowest BCUT2D eigenvalue weighted by Gasteiger charge is -2.22. The Kier molecular flexibility index (Phi) is 4.59. The fraction of sp³-hybridized carbons (Fsp3) is 0.400. The number of hydrazone groups is 1. The van der Waals surface area contributed by atoms with Crippen LogP contribution in [0.3, 0.4) is 0 Å². The molecule has 96 valence electrons. The summed E-state index contributed by atoms with van der Waals surface area (Å²) in [7, 11) is 0. The molecule has 2 rings (SSSR count). The molecule has 0 radical (unpaired) electrons. The van der Waals surface area contributed by atoms with Crippen LogP contribution in [0.1, 0.15) is 30.9 Å². The maximum atomic E-state index is 4.41. The van der Waals surface area contributed by atoms with Crippen LogP contribution in [-0.2, 0) is 6.42 Å². The van der Waals surface area contributed by atoms with Gasteiger partial charge in [0.1, 0.15) is 0 Å². The lowest BCUT2D eigenvalue weighted by molar-refractivity contribution is 0.653. The SMILES string of the molecule is C=C1CC(C)C(c2ccc(CCCBr)cc2)=NN1. The van der Waals surface area contributed by atoms with Gasteiger partial charge in [0.25, 0.3) is 0 Å². The lowest BCUT2D eigenvalue weighted by atomic mass is 9.92. The fourth-order valence-electron chi connectivity index (χ4n) is 2.22. The normalized spacial score (nSPS) is 19.3. The van der Waals surface area contributed by atoms with E-state index in [0.29, 0.717) is 5.92 Å². The van der Waals surface area contributed by atoms with Gasteiger partial charge in [0.2, 0.25) is 0 Å². The van der Waals surface area contributed by atoms with Crippen molar-refractivity contribution < 1.29 is 0 Å². The molecule has 3 heteroatoms. The molecule has 0 spiro atoms. The van der Waals surface area contributed by atoms with Gasteiger partial charge in [-0.05, 0) is 30.4 Å². The van der Waals surface area contributed by atoms with E-state index in [-0.39, 0.29) is 0 Å². The van der Waals surface area contributed by atoms with E-state index in [1.165, 1.54) is 17.5 Å². The van der Waals surface area contributed by atoms with Crippen LogP contribution in [0.5, 0.6) is 0 Å². The third-order valence-corrected chi connectivity index (χ3v) is 3.76. The highest BCUT2D eigenvalue weighted by molar-refractivity contribution is 9.09. The first-order valence-corrected chi connectivity index (χ1v) is 7.49. The third-order valence-electron chi connectivity index (χ3n) is 3.20. The number of alkyl halides is 1.